The van der Waals surface area contributed by atoms with Crippen molar-refractivity contribution in [3.05, 3.63) is 94.8 Å². The molecule has 2 aromatic carbocycles. The quantitative estimate of drug-likeness (QED) is 0.269. The highest BCUT2D eigenvalue weighted by Gasteiger charge is 2.23. The molecule has 0 fully saturated rings. The first-order chi connectivity index (χ1) is 19.4. The molecule has 4 N–H and O–H groups in total. The van der Waals surface area contributed by atoms with Gasteiger partial charge in [-0.25, -0.2) is 15.0 Å². The maximum atomic E-state index is 14.3. The van der Waals surface area contributed by atoms with Gasteiger partial charge in [-0.3, -0.25) is 14.2 Å². The van der Waals surface area contributed by atoms with Crippen molar-refractivity contribution in [1.82, 2.24) is 29.8 Å². The Morgan fingerprint density at radius 3 is 2.62 bits per heavy atom. The summed E-state index contributed by atoms with van der Waals surface area (Å²) in [5, 5.41) is 6.43. The first kappa shape index (κ1) is 26.3. The third kappa shape index (κ3) is 5.04. The van der Waals surface area contributed by atoms with E-state index in [0.717, 1.165) is 5.56 Å². The van der Waals surface area contributed by atoms with Crippen molar-refractivity contribution in [2.24, 2.45) is 0 Å². The van der Waals surface area contributed by atoms with E-state index in [1.807, 2.05) is 62.4 Å². The Bertz CT molecular complexity index is 1750. The first-order valence-electron chi connectivity index (χ1n) is 12.7. The summed E-state index contributed by atoms with van der Waals surface area (Å²) in [4.78, 5) is 44.4. The summed E-state index contributed by atoms with van der Waals surface area (Å²) in [7, 11) is 1.54. The lowest BCUT2D eigenvalue weighted by Crippen LogP contribution is -2.29. The van der Waals surface area contributed by atoms with Crippen LogP contribution in [0.3, 0.4) is 0 Å². The molecule has 11 nitrogen and oxygen atoms in total. The summed E-state index contributed by atoms with van der Waals surface area (Å²) in [6.45, 7) is 4.09. The van der Waals surface area contributed by atoms with E-state index in [9.17, 15) is 9.59 Å². The third-order valence-corrected chi connectivity index (χ3v) is 6.32. The van der Waals surface area contributed by atoms with Gasteiger partial charge in [-0.15, -0.1) is 0 Å². The van der Waals surface area contributed by atoms with E-state index in [-0.39, 0.29) is 28.8 Å². The van der Waals surface area contributed by atoms with Crippen LogP contribution in [0.4, 0.5) is 11.8 Å². The number of anilines is 2. The zero-order valence-corrected chi connectivity index (χ0v) is 22.3. The Labute approximate surface area is 230 Å². The molecule has 0 radical (unpaired) electrons. The van der Waals surface area contributed by atoms with Crippen LogP contribution in [-0.2, 0) is 0 Å². The van der Waals surface area contributed by atoms with Crippen LogP contribution in [-0.4, -0.2) is 44.1 Å². The summed E-state index contributed by atoms with van der Waals surface area (Å²) < 4.78 is 6.87. The van der Waals surface area contributed by atoms with Crippen molar-refractivity contribution < 1.29 is 9.53 Å². The minimum Gasteiger partial charge on any atom is -0.481 e. The molecule has 0 aliphatic rings. The maximum Gasteiger partial charge on any atom is 0.266 e. The average Bonchev–Trinajstić information content (AvgIpc) is 2.97. The van der Waals surface area contributed by atoms with E-state index in [1.165, 1.54) is 6.20 Å². The van der Waals surface area contributed by atoms with Crippen molar-refractivity contribution in [1.29, 1.82) is 0 Å². The smallest absolute Gasteiger partial charge is 0.266 e. The normalized spacial score (nSPS) is 11.7. The minimum absolute atomic E-state index is 0.00656. The highest BCUT2D eigenvalue weighted by atomic mass is 16.5. The Kier molecular flexibility index (Phi) is 7.36. The lowest BCUT2D eigenvalue weighted by molar-refractivity contribution is 0.0956. The highest BCUT2D eigenvalue weighted by molar-refractivity contribution is 5.98. The number of aromatic nitrogens is 5. The average molecular weight is 537 g/mol. The monoisotopic (exact) mass is 536 g/mol. The number of nitrogen functional groups attached to an aromatic ring is 1. The van der Waals surface area contributed by atoms with E-state index in [1.54, 1.807) is 30.0 Å². The molecule has 40 heavy (non-hydrogen) atoms. The number of ether oxygens (including phenoxy) is 1. The molecule has 0 bridgehead atoms. The number of amides is 1. The van der Waals surface area contributed by atoms with Gasteiger partial charge in [0.2, 0.25) is 11.8 Å². The second kappa shape index (κ2) is 11.2. The van der Waals surface area contributed by atoms with Crippen molar-refractivity contribution in [2.45, 2.75) is 19.9 Å². The van der Waals surface area contributed by atoms with Crippen LogP contribution >= 0.6 is 0 Å². The van der Waals surface area contributed by atoms with Gasteiger partial charge < -0.3 is 21.1 Å². The largest absolute Gasteiger partial charge is 0.481 e. The zero-order chi connectivity index (χ0) is 28.2. The minimum atomic E-state index is -0.565. The lowest BCUT2D eigenvalue weighted by Gasteiger charge is -2.21. The standard InChI is InChI=1S/C29H28N8O3/c1-4-31-27(38)21-16-33-29(30)36-25(21)34-17(2)26-35-22-12-8-11-20(18-13-14-32-23(15-18)40-3)24(22)28(39)37(26)19-9-6-5-7-10-19/h5-17H,4H2,1-3H3,(H,31,38)(H3,30,33,34,36)/t17-/m1/s1. The Morgan fingerprint density at radius 2 is 1.88 bits per heavy atom. The number of carbonyl (C=O) groups is 1. The van der Waals surface area contributed by atoms with Crippen LogP contribution in [0.25, 0.3) is 27.7 Å². The molecule has 5 rings (SSSR count). The van der Waals surface area contributed by atoms with Gasteiger partial charge in [0.25, 0.3) is 11.5 Å². The number of hydrogen-bond acceptors (Lipinski definition) is 9. The number of nitrogens with two attached hydrogens (primary N) is 1. The van der Waals surface area contributed by atoms with Gasteiger partial charge in [-0.2, -0.15) is 4.98 Å². The molecule has 0 saturated carbocycles. The van der Waals surface area contributed by atoms with E-state index >= 15 is 0 Å². The molecule has 202 valence electrons. The molecule has 0 unspecified atom stereocenters. The number of methoxy groups -OCH3 is 1. The number of nitrogens with one attached hydrogen (secondary N) is 2. The number of rotatable bonds is 8. The summed E-state index contributed by atoms with van der Waals surface area (Å²) in [6.07, 6.45) is 3.01. The van der Waals surface area contributed by atoms with Gasteiger partial charge in [0.05, 0.1) is 29.7 Å². The van der Waals surface area contributed by atoms with Gasteiger partial charge in [-0.05, 0) is 49.2 Å². The predicted molar refractivity (Wildman–Crippen MR) is 154 cm³/mol. The van der Waals surface area contributed by atoms with Crippen molar-refractivity contribution >= 4 is 28.6 Å². The van der Waals surface area contributed by atoms with Crippen LogP contribution in [0.1, 0.15) is 36.1 Å². The van der Waals surface area contributed by atoms with Crippen LogP contribution < -0.4 is 26.7 Å². The Balaban J connectivity index is 1.70. The molecular weight excluding hydrogens is 508 g/mol. The molecule has 1 amide bonds. The maximum absolute atomic E-state index is 14.3. The number of fused-ring (bicyclic) bond motifs is 1. The summed E-state index contributed by atoms with van der Waals surface area (Å²) >= 11 is 0. The zero-order valence-electron chi connectivity index (χ0n) is 22.3. The molecule has 0 aliphatic heterocycles. The molecular formula is C29H28N8O3. The molecule has 3 heterocycles. The highest BCUT2D eigenvalue weighted by Crippen LogP contribution is 2.29. The van der Waals surface area contributed by atoms with Crippen LogP contribution in [0.15, 0.2) is 77.9 Å². The summed E-state index contributed by atoms with van der Waals surface area (Å²) in [6, 6.07) is 17.8. The van der Waals surface area contributed by atoms with Gasteiger partial charge in [0.1, 0.15) is 17.2 Å². The number of pyridine rings is 1. The number of carbonyl (C=O) groups excluding carboxylic acids is 1. The van der Waals surface area contributed by atoms with Crippen molar-refractivity contribution in [2.75, 3.05) is 24.7 Å². The second-order valence-corrected chi connectivity index (χ2v) is 8.95. The van der Waals surface area contributed by atoms with Gasteiger partial charge in [0.15, 0.2) is 0 Å². The molecule has 0 aliphatic carbocycles. The SMILES string of the molecule is CCNC(=O)c1cnc(N)nc1N[C@H](C)c1nc2cccc(-c3ccnc(OC)c3)c2c(=O)n1-c1ccccc1. The summed E-state index contributed by atoms with van der Waals surface area (Å²) in [5.41, 5.74) is 8.46. The summed E-state index contributed by atoms with van der Waals surface area (Å²) in [5.74, 6) is 0.755. The van der Waals surface area contributed by atoms with E-state index in [4.69, 9.17) is 15.5 Å². The number of hydrogen-bond donors (Lipinski definition) is 3. The first-order valence-corrected chi connectivity index (χ1v) is 12.7. The van der Waals surface area contributed by atoms with Crippen LogP contribution in [0.5, 0.6) is 5.88 Å². The second-order valence-electron chi connectivity index (χ2n) is 8.95. The topological polar surface area (TPSA) is 150 Å². The van der Waals surface area contributed by atoms with Crippen LogP contribution in [0, 0.1) is 0 Å². The third-order valence-electron chi connectivity index (χ3n) is 6.32. The van der Waals surface area contributed by atoms with Crippen molar-refractivity contribution in [3.8, 4) is 22.7 Å². The molecule has 0 saturated heterocycles. The molecule has 0 spiro atoms. The number of para-hydroxylation sites is 1. The fraction of sp³-hybridized carbons (Fsp3) is 0.172. The molecule has 3 aromatic heterocycles. The Morgan fingerprint density at radius 1 is 1.07 bits per heavy atom. The number of nitrogens with zero attached hydrogens (tertiary/aromatic N) is 5. The van der Waals surface area contributed by atoms with Gasteiger partial charge in [-0.1, -0.05) is 30.3 Å². The number of benzene rings is 2. The molecule has 5 aromatic rings. The predicted octanol–water partition coefficient (Wildman–Crippen LogP) is 3.75. The van der Waals surface area contributed by atoms with E-state index in [2.05, 4.69) is 25.6 Å². The van der Waals surface area contributed by atoms with E-state index in [0.29, 0.717) is 40.4 Å². The Hall–Kier alpha value is -5.32. The fourth-order valence-corrected chi connectivity index (χ4v) is 4.49. The fourth-order valence-electron chi connectivity index (χ4n) is 4.49. The lowest BCUT2D eigenvalue weighted by atomic mass is 10.0. The molecule has 1 atom stereocenters. The van der Waals surface area contributed by atoms with E-state index < -0.39 is 6.04 Å². The van der Waals surface area contributed by atoms with Crippen molar-refractivity contribution in [3.63, 3.8) is 0 Å². The van der Waals surface area contributed by atoms with Crippen LogP contribution in [0.2, 0.25) is 0 Å². The molecule has 11 heteroatoms. The van der Waals surface area contributed by atoms with Gasteiger partial charge in [0, 0.05) is 25.0 Å². The van der Waals surface area contributed by atoms with Gasteiger partial charge >= 0.3 is 0 Å².